The molecule has 2 fully saturated rings. The summed E-state index contributed by atoms with van der Waals surface area (Å²) in [6.07, 6.45) is 7.04. The lowest BCUT2D eigenvalue weighted by Crippen LogP contribution is -2.44. The molecular weight excluding hydrogens is 432 g/mol. The van der Waals surface area contributed by atoms with E-state index in [1.807, 2.05) is 52.7 Å². The molecule has 2 saturated heterocycles. The van der Waals surface area contributed by atoms with Gasteiger partial charge in [0.2, 0.25) is 0 Å². The Labute approximate surface area is 198 Å². The summed E-state index contributed by atoms with van der Waals surface area (Å²) in [5, 5.41) is 14.2. The number of fused-ring (bicyclic) bond motifs is 1. The van der Waals surface area contributed by atoms with Crippen molar-refractivity contribution in [2.75, 3.05) is 31.3 Å². The topological polar surface area (TPSA) is 88.1 Å². The van der Waals surface area contributed by atoms with Crippen LogP contribution in [-0.2, 0) is 23.6 Å². The van der Waals surface area contributed by atoms with Crippen LogP contribution in [0.25, 0.3) is 33.7 Å². The van der Waals surface area contributed by atoms with Gasteiger partial charge in [0.1, 0.15) is 29.0 Å². The number of aryl methyl sites for hydroxylation is 2. The van der Waals surface area contributed by atoms with E-state index in [-0.39, 0.29) is 12.3 Å². The van der Waals surface area contributed by atoms with E-state index < -0.39 is 0 Å². The Bertz CT molecular complexity index is 1320. The van der Waals surface area contributed by atoms with Gasteiger partial charge in [-0.1, -0.05) is 0 Å². The van der Waals surface area contributed by atoms with Gasteiger partial charge in [-0.2, -0.15) is 15.3 Å². The van der Waals surface area contributed by atoms with Crippen LogP contribution in [0.2, 0.25) is 0 Å². The number of hydrogen-bond acceptors (Lipinski definition) is 7. The Morgan fingerprint density at radius 2 is 1.97 bits per heavy atom. The van der Waals surface area contributed by atoms with E-state index in [1.165, 1.54) is 0 Å². The van der Waals surface area contributed by atoms with Crippen molar-refractivity contribution < 1.29 is 9.47 Å². The summed E-state index contributed by atoms with van der Waals surface area (Å²) in [4.78, 5) is 7.46. The number of aromatic nitrogens is 7. The lowest BCUT2D eigenvalue weighted by molar-refractivity contribution is -0.0393. The minimum atomic E-state index is -0.0137. The van der Waals surface area contributed by atoms with E-state index in [0.29, 0.717) is 13.2 Å². The van der Waals surface area contributed by atoms with Gasteiger partial charge >= 0.3 is 0 Å². The first kappa shape index (κ1) is 21.3. The van der Waals surface area contributed by atoms with Gasteiger partial charge in [0, 0.05) is 45.2 Å². The van der Waals surface area contributed by atoms with E-state index in [9.17, 15) is 0 Å². The Balaban J connectivity index is 1.52. The molecule has 0 aliphatic carbocycles. The van der Waals surface area contributed by atoms with Crippen LogP contribution in [0.4, 0.5) is 5.82 Å². The number of anilines is 1. The lowest BCUT2D eigenvalue weighted by atomic mass is 10.1. The number of morpholine rings is 1. The molecule has 10 heteroatoms. The highest BCUT2D eigenvalue weighted by Gasteiger charge is 2.26. The van der Waals surface area contributed by atoms with Gasteiger partial charge in [-0.3, -0.25) is 9.36 Å². The smallest absolute Gasteiger partial charge is 0.150 e. The first-order valence-corrected chi connectivity index (χ1v) is 12.0. The molecule has 0 aromatic carbocycles. The molecule has 4 aromatic heterocycles. The van der Waals surface area contributed by atoms with E-state index >= 15 is 0 Å². The second-order valence-electron chi connectivity index (χ2n) is 9.16. The minimum absolute atomic E-state index is 0.0137. The molecule has 1 unspecified atom stereocenters. The molecule has 2 aliphatic heterocycles. The highest BCUT2D eigenvalue weighted by molar-refractivity contribution is 5.99. The average Bonchev–Trinajstić information content (AvgIpc) is 3.58. The van der Waals surface area contributed by atoms with Crippen LogP contribution in [0, 0.1) is 0 Å². The molecule has 10 nitrogen and oxygen atoms in total. The fourth-order valence-corrected chi connectivity index (χ4v) is 5.04. The molecule has 6 rings (SSSR count). The SMILES string of the molecule is C[C@@H]1COCCN1c1cc(-c2ccnn2C)c2c(n1)c(-c1ccn(C3CCCCO3)n1)nn2C. The lowest BCUT2D eigenvalue weighted by Gasteiger charge is -2.34. The maximum absolute atomic E-state index is 5.93. The van der Waals surface area contributed by atoms with E-state index in [2.05, 4.69) is 23.0 Å². The zero-order valence-corrected chi connectivity index (χ0v) is 19.9. The van der Waals surface area contributed by atoms with Crippen LogP contribution in [-0.4, -0.2) is 66.7 Å². The van der Waals surface area contributed by atoms with Crippen molar-refractivity contribution in [3.8, 4) is 22.6 Å². The first-order chi connectivity index (χ1) is 16.6. The Hall–Kier alpha value is -3.24. The summed E-state index contributed by atoms with van der Waals surface area (Å²) in [6.45, 7) is 5.13. The predicted octanol–water partition coefficient (Wildman–Crippen LogP) is 3.16. The summed E-state index contributed by atoms with van der Waals surface area (Å²) < 4.78 is 17.3. The zero-order valence-electron chi connectivity index (χ0n) is 19.9. The molecule has 0 saturated carbocycles. The average molecular weight is 463 g/mol. The van der Waals surface area contributed by atoms with E-state index in [4.69, 9.17) is 24.7 Å². The number of rotatable bonds is 4. The molecule has 0 spiro atoms. The zero-order chi connectivity index (χ0) is 23.2. The van der Waals surface area contributed by atoms with Gasteiger partial charge in [0.05, 0.1) is 30.5 Å². The molecule has 0 amide bonds. The predicted molar refractivity (Wildman–Crippen MR) is 128 cm³/mol. The third kappa shape index (κ3) is 3.57. The molecule has 0 bridgehead atoms. The molecule has 178 valence electrons. The number of ether oxygens (including phenoxy) is 2. The molecule has 4 aromatic rings. The Morgan fingerprint density at radius 1 is 1.06 bits per heavy atom. The van der Waals surface area contributed by atoms with Crippen molar-refractivity contribution in [1.82, 2.24) is 34.3 Å². The molecule has 2 atom stereocenters. The monoisotopic (exact) mass is 462 g/mol. The summed E-state index contributed by atoms with van der Waals surface area (Å²) >= 11 is 0. The summed E-state index contributed by atoms with van der Waals surface area (Å²) in [5.74, 6) is 0.920. The van der Waals surface area contributed by atoms with Crippen molar-refractivity contribution in [3.63, 3.8) is 0 Å². The Morgan fingerprint density at radius 3 is 2.74 bits per heavy atom. The fourth-order valence-electron chi connectivity index (χ4n) is 5.04. The molecule has 0 N–H and O–H groups in total. The maximum atomic E-state index is 5.93. The van der Waals surface area contributed by atoms with Crippen molar-refractivity contribution in [2.45, 2.75) is 38.5 Å². The van der Waals surface area contributed by atoms with Crippen LogP contribution in [0.5, 0.6) is 0 Å². The molecule has 2 aliphatic rings. The van der Waals surface area contributed by atoms with Crippen LogP contribution in [0.3, 0.4) is 0 Å². The van der Waals surface area contributed by atoms with Crippen LogP contribution in [0.15, 0.2) is 30.6 Å². The summed E-state index contributed by atoms with van der Waals surface area (Å²) in [5.41, 5.74) is 5.45. The van der Waals surface area contributed by atoms with Gasteiger partial charge in [-0.25, -0.2) is 9.67 Å². The fraction of sp³-hybridized carbons (Fsp3) is 0.500. The van der Waals surface area contributed by atoms with Crippen molar-refractivity contribution in [3.05, 3.63) is 30.6 Å². The van der Waals surface area contributed by atoms with Crippen LogP contribution in [0.1, 0.15) is 32.4 Å². The Kier molecular flexibility index (Phi) is 5.34. The molecular formula is C24H30N8O2. The van der Waals surface area contributed by atoms with Gasteiger partial charge in [-0.15, -0.1) is 0 Å². The van der Waals surface area contributed by atoms with Gasteiger partial charge < -0.3 is 14.4 Å². The van der Waals surface area contributed by atoms with Gasteiger partial charge in [-0.05, 0) is 44.4 Å². The number of hydrogen-bond donors (Lipinski definition) is 0. The molecule has 0 radical (unpaired) electrons. The first-order valence-electron chi connectivity index (χ1n) is 12.0. The van der Waals surface area contributed by atoms with E-state index in [0.717, 1.165) is 71.9 Å². The van der Waals surface area contributed by atoms with Crippen LogP contribution < -0.4 is 4.90 Å². The standard InChI is InChI=1S/C24H30N8O2/c1-16-15-33-13-11-31(16)20-14-17(19-7-9-25-29(19)2)24-23(26-20)22(28-30(24)3)18-8-10-32(27-18)21-6-4-5-12-34-21/h7-10,14,16,21H,4-6,11-13,15H2,1-3H3/t16-,21?/m1/s1. The second-order valence-corrected chi connectivity index (χ2v) is 9.16. The van der Waals surface area contributed by atoms with Gasteiger partial charge in [0.15, 0.2) is 0 Å². The van der Waals surface area contributed by atoms with Gasteiger partial charge in [0.25, 0.3) is 0 Å². The van der Waals surface area contributed by atoms with Crippen molar-refractivity contribution in [1.29, 1.82) is 0 Å². The highest BCUT2D eigenvalue weighted by atomic mass is 16.5. The maximum Gasteiger partial charge on any atom is 0.150 e. The van der Waals surface area contributed by atoms with Crippen molar-refractivity contribution >= 4 is 16.9 Å². The molecule has 34 heavy (non-hydrogen) atoms. The number of pyridine rings is 1. The van der Waals surface area contributed by atoms with E-state index in [1.54, 1.807) is 0 Å². The molecule has 6 heterocycles. The third-order valence-electron chi connectivity index (χ3n) is 6.84. The second kappa shape index (κ2) is 8.52. The number of nitrogens with zero attached hydrogens (tertiary/aromatic N) is 8. The minimum Gasteiger partial charge on any atom is -0.377 e. The van der Waals surface area contributed by atoms with Crippen LogP contribution >= 0.6 is 0 Å². The summed E-state index contributed by atoms with van der Waals surface area (Å²) in [6, 6.07) is 6.43. The quantitative estimate of drug-likeness (QED) is 0.460. The normalized spacial score (nSPS) is 21.4. The summed E-state index contributed by atoms with van der Waals surface area (Å²) in [7, 11) is 3.92. The highest BCUT2D eigenvalue weighted by Crippen LogP contribution is 2.36. The largest absolute Gasteiger partial charge is 0.377 e. The van der Waals surface area contributed by atoms with Crippen molar-refractivity contribution in [2.24, 2.45) is 14.1 Å². The third-order valence-corrected chi connectivity index (χ3v) is 6.84.